The number of carbonyl (C=O) groups excluding carboxylic acids is 1. The molecule has 122 valence electrons. The first-order valence-corrected chi connectivity index (χ1v) is 9.22. The zero-order valence-electron chi connectivity index (χ0n) is 12.7. The van der Waals surface area contributed by atoms with Crippen LogP contribution in [0, 0.1) is 0 Å². The molecule has 3 rings (SSSR count). The van der Waals surface area contributed by atoms with Crippen molar-refractivity contribution in [3.8, 4) is 0 Å². The number of carbonyl (C=O) groups is 1. The Hall–Kier alpha value is -1.33. The van der Waals surface area contributed by atoms with Crippen molar-refractivity contribution in [1.82, 2.24) is 4.90 Å². The maximum absolute atomic E-state index is 12.8. The molecule has 2 aromatic rings. The summed E-state index contributed by atoms with van der Waals surface area (Å²) in [7, 11) is 0. The van der Waals surface area contributed by atoms with E-state index in [4.69, 9.17) is 35.4 Å². The van der Waals surface area contributed by atoms with Crippen LogP contribution in [-0.4, -0.2) is 15.1 Å². The standard InChI is InChI=1S/C18H13Cl2NOS2/c1-11(12-5-3-2-4-6-12)21-17(22)16(24-18(21)23)9-13-7-8-14(19)10-15(13)20/h2-11H,1H3/b16-9-/t11-/m1/s1. The van der Waals surface area contributed by atoms with Crippen LogP contribution in [0.2, 0.25) is 10.0 Å². The second kappa shape index (κ2) is 7.28. The van der Waals surface area contributed by atoms with Crippen molar-refractivity contribution in [2.75, 3.05) is 0 Å². The summed E-state index contributed by atoms with van der Waals surface area (Å²) in [6.07, 6.45) is 1.76. The Balaban J connectivity index is 1.90. The highest BCUT2D eigenvalue weighted by Crippen LogP contribution is 2.38. The van der Waals surface area contributed by atoms with Crippen LogP contribution in [0.1, 0.15) is 24.1 Å². The van der Waals surface area contributed by atoms with Gasteiger partial charge in [0.15, 0.2) is 0 Å². The van der Waals surface area contributed by atoms with Crippen LogP contribution >= 0.6 is 47.2 Å². The molecular weight excluding hydrogens is 381 g/mol. The summed E-state index contributed by atoms with van der Waals surface area (Å²) in [5.74, 6) is -0.104. The number of thioether (sulfide) groups is 1. The second-order valence-corrected chi connectivity index (χ2v) is 7.82. The fraction of sp³-hybridized carbons (Fsp3) is 0.111. The molecule has 1 saturated heterocycles. The van der Waals surface area contributed by atoms with Gasteiger partial charge in [0.25, 0.3) is 5.91 Å². The monoisotopic (exact) mass is 393 g/mol. The fourth-order valence-corrected chi connectivity index (χ4v) is 4.33. The number of rotatable bonds is 3. The lowest BCUT2D eigenvalue weighted by Gasteiger charge is -2.23. The highest BCUT2D eigenvalue weighted by Gasteiger charge is 2.35. The lowest BCUT2D eigenvalue weighted by molar-refractivity contribution is -0.123. The van der Waals surface area contributed by atoms with Gasteiger partial charge in [0, 0.05) is 10.0 Å². The summed E-state index contributed by atoms with van der Waals surface area (Å²) in [6, 6.07) is 14.9. The van der Waals surface area contributed by atoms with E-state index >= 15 is 0 Å². The van der Waals surface area contributed by atoms with Crippen LogP contribution in [-0.2, 0) is 4.79 Å². The summed E-state index contributed by atoms with van der Waals surface area (Å²) in [4.78, 5) is 15.0. The SMILES string of the molecule is C[C@H](c1ccccc1)N1C(=O)/C(=C/c2ccc(Cl)cc2Cl)SC1=S. The molecule has 0 unspecified atom stereocenters. The lowest BCUT2D eigenvalue weighted by Crippen LogP contribution is -2.30. The van der Waals surface area contributed by atoms with Crippen molar-refractivity contribution in [3.63, 3.8) is 0 Å². The number of hydrogen-bond donors (Lipinski definition) is 0. The molecule has 1 aliphatic heterocycles. The van der Waals surface area contributed by atoms with Crippen molar-refractivity contribution in [2.45, 2.75) is 13.0 Å². The number of hydrogen-bond acceptors (Lipinski definition) is 3. The number of halogens is 2. The number of thiocarbonyl (C=S) groups is 1. The van der Waals surface area contributed by atoms with E-state index in [2.05, 4.69) is 0 Å². The molecule has 0 bridgehead atoms. The lowest BCUT2D eigenvalue weighted by atomic mass is 10.1. The average molecular weight is 394 g/mol. The van der Waals surface area contributed by atoms with Gasteiger partial charge in [-0.3, -0.25) is 9.69 Å². The normalized spacial score (nSPS) is 17.6. The Labute approximate surface area is 160 Å². The summed E-state index contributed by atoms with van der Waals surface area (Å²) in [6.45, 7) is 1.97. The summed E-state index contributed by atoms with van der Waals surface area (Å²) < 4.78 is 0.549. The highest BCUT2D eigenvalue weighted by molar-refractivity contribution is 8.26. The third-order valence-corrected chi connectivity index (χ3v) is 5.63. The third kappa shape index (κ3) is 3.52. The van der Waals surface area contributed by atoms with Gasteiger partial charge in [0.05, 0.1) is 10.9 Å². The summed E-state index contributed by atoms with van der Waals surface area (Å²) in [5, 5.41) is 1.06. The molecule has 1 heterocycles. The van der Waals surface area contributed by atoms with E-state index in [1.807, 2.05) is 37.3 Å². The molecule has 0 radical (unpaired) electrons. The Morgan fingerprint density at radius 2 is 1.88 bits per heavy atom. The topological polar surface area (TPSA) is 20.3 Å². The van der Waals surface area contributed by atoms with Crippen LogP contribution in [0.15, 0.2) is 53.4 Å². The minimum absolute atomic E-state index is 0.104. The average Bonchev–Trinajstić information content (AvgIpc) is 2.84. The molecule has 0 aromatic heterocycles. The van der Waals surface area contributed by atoms with E-state index in [0.29, 0.717) is 19.3 Å². The van der Waals surface area contributed by atoms with E-state index in [1.165, 1.54) is 11.8 Å². The smallest absolute Gasteiger partial charge is 0.266 e. The van der Waals surface area contributed by atoms with Crippen molar-refractivity contribution in [1.29, 1.82) is 0 Å². The quantitative estimate of drug-likeness (QED) is 0.474. The molecule has 0 spiro atoms. The predicted octanol–water partition coefficient (Wildman–Crippen LogP) is 5.96. The number of amides is 1. The maximum Gasteiger partial charge on any atom is 0.266 e. The third-order valence-electron chi connectivity index (χ3n) is 3.74. The van der Waals surface area contributed by atoms with Gasteiger partial charge in [-0.1, -0.05) is 83.6 Å². The van der Waals surface area contributed by atoms with E-state index in [9.17, 15) is 4.79 Å². The Kier molecular flexibility index (Phi) is 5.30. The number of benzene rings is 2. The zero-order chi connectivity index (χ0) is 17.3. The fourth-order valence-electron chi connectivity index (χ4n) is 2.45. The molecule has 2 aromatic carbocycles. The molecule has 0 saturated carbocycles. The van der Waals surface area contributed by atoms with Crippen molar-refractivity contribution in [3.05, 3.63) is 74.6 Å². The van der Waals surface area contributed by atoms with Crippen molar-refractivity contribution >= 4 is 63.5 Å². The van der Waals surface area contributed by atoms with Crippen LogP contribution in [0.3, 0.4) is 0 Å². The van der Waals surface area contributed by atoms with Gasteiger partial charge >= 0.3 is 0 Å². The molecule has 0 N–H and O–H groups in total. The summed E-state index contributed by atoms with van der Waals surface area (Å²) in [5.41, 5.74) is 1.79. The van der Waals surface area contributed by atoms with E-state index < -0.39 is 0 Å². The first kappa shape index (κ1) is 17.5. The first-order chi connectivity index (χ1) is 11.5. The van der Waals surface area contributed by atoms with E-state index in [-0.39, 0.29) is 11.9 Å². The van der Waals surface area contributed by atoms with Crippen LogP contribution < -0.4 is 0 Å². The first-order valence-electron chi connectivity index (χ1n) is 7.24. The molecule has 1 amide bonds. The van der Waals surface area contributed by atoms with Gasteiger partial charge in [0.2, 0.25) is 0 Å². The van der Waals surface area contributed by atoms with E-state index in [0.717, 1.165) is 11.1 Å². The Morgan fingerprint density at radius 3 is 2.54 bits per heavy atom. The highest BCUT2D eigenvalue weighted by atomic mass is 35.5. The molecule has 0 aliphatic carbocycles. The second-order valence-electron chi connectivity index (χ2n) is 5.30. The summed E-state index contributed by atoms with van der Waals surface area (Å²) >= 11 is 18.8. The molecule has 24 heavy (non-hydrogen) atoms. The van der Waals surface area contributed by atoms with Gasteiger partial charge in [-0.15, -0.1) is 0 Å². The molecule has 2 nitrogen and oxygen atoms in total. The molecular formula is C18H13Cl2NOS2. The van der Waals surface area contributed by atoms with Gasteiger partial charge in [-0.25, -0.2) is 0 Å². The van der Waals surface area contributed by atoms with Gasteiger partial charge in [0.1, 0.15) is 4.32 Å². The van der Waals surface area contributed by atoms with Crippen LogP contribution in [0.5, 0.6) is 0 Å². The predicted molar refractivity (Wildman–Crippen MR) is 106 cm³/mol. The maximum atomic E-state index is 12.8. The van der Waals surface area contributed by atoms with Gasteiger partial charge in [-0.2, -0.15) is 0 Å². The van der Waals surface area contributed by atoms with Crippen molar-refractivity contribution in [2.24, 2.45) is 0 Å². The van der Waals surface area contributed by atoms with Crippen LogP contribution in [0.4, 0.5) is 0 Å². The molecule has 6 heteroatoms. The molecule has 1 atom stereocenters. The zero-order valence-corrected chi connectivity index (χ0v) is 15.8. The Morgan fingerprint density at radius 1 is 1.17 bits per heavy atom. The van der Waals surface area contributed by atoms with Crippen molar-refractivity contribution < 1.29 is 4.79 Å². The van der Waals surface area contributed by atoms with Gasteiger partial charge in [-0.05, 0) is 36.3 Å². The minimum Gasteiger partial charge on any atom is -0.286 e. The van der Waals surface area contributed by atoms with E-state index in [1.54, 1.807) is 29.2 Å². The molecule has 1 fully saturated rings. The largest absolute Gasteiger partial charge is 0.286 e. The van der Waals surface area contributed by atoms with Gasteiger partial charge < -0.3 is 0 Å². The van der Waals surface area contributed by atoms with Crippen LogP contribution in [0.25, 0.3) is 6.08 Å². The molecule has 1 aliphatic rings. The Bertz CT molecular complexity index is 836. The minimum atomic E-state index is -0.120. The number of nitrogens with zero attached hydrogens (tertiary/aromatic N) is 1.